The molecule has 0 N–H and O–H groups in total. The molecule has 1 heterocycles. The van der Waals surface area contributed by atoms with Crippen molar-refractivity contribution in [2.75, 3.05) is 9.80 Å². The van der Waals surface area contributed by atoms with Gasteiger partial charge in [-0.3, -0.25) is 19.4 Å². The highest BCUT2D eigenvalue weighted by atomic mass is 35.5. The van der Waals surface area contributed by atoms with Crippen molar-refractivity contribution in [3.05, 3.63) is 130 Å². The maximum atomic E-state index is 13.8. The first-order valence-corrected chi connectivity index (χ1v) is 12.8. The van der Waals surface area contributed by atoms with Gasteiger partial charge < -0.3 is 4.74 Å². The van der Waals surface area contributed by atoms with Gasteiger partial charge in [-0.05, 0) is 78.5 Å². The van der Waals surface area contributed by atoms with Crippen LogP contribution in [0.15, 0.2) is 109 Å². The van der Waals surface area contributed by atoms with Crippen LogP contribution >= 0.6 is 35.4 Å². The van der Waals surface area contributed by atoms with Crippen molar-refractivity contribution < 1.29 is 14.3 Å². The van der Waals surface area contributed by atoms with E-state index in [-0.39, 0.29) is 17.3 Å². The van der Waals surface area contributed by atoms with Crippen LogP contribution in [0, 0.1) is 0 Å². The zero-order valence-electron chi connectivity index (χ0n) is 19.9. The smallest absolute Gasteiger partial charge is 0.270 e. The van der Waals surface area contributed by atoms with Gasteiger partial charge >= 0.3 is 0 Å². The number of benzene rings is 4. The molecule has 0 unspecified atom stereocenters. The molecule has 188 valence electrons. The van der Waals surface area contributed by atoms with Crippen molar-refractivity contribution in [3.8, 4) is 5.75 Å². The lowest BCUT2D eigenvalue weighted by Crippen LogP contribution is -2.56. The third-order valence-electron chi connectivity index (χ3n) is 5.83. The van der Waals surface area contributed by atoms with Gasteiger partial charge in [-0.2, -0.15) is 0 Å². The number of halogens is 2. The molecule has 2 amide bonds. The summed E-state index contributed by atoms with van der Waals surface area (Å²) in [6.45, 7) is 0.233. The first-order chi connectivity index (χ1) is 18.4. The molecule has 5 rings (SSSR count). The Bertz CT molecular complexity index is 1500. The van der Waals surface area contributed by atoms with Crippen LogP contribution in [0.25, 0.3) is 6.08 Å². The molecular weight excluding hydrogens is 539 g/mol. The normalized spacial score (nSPS) is 13.6. The van der Waals surface area contributed by atoms with Gasteiger partial charge in [-0.25, -0.2) is 0 Å². The van der Waals surface area contributed by atoms with Gasteiger partial charge in [0.25, 0.3) is 11.8 Å². The molecular formula is C30H20Cl2N2O3S. The van der Waals surface area contributed by atoms with E-state index in [1.807, 2.05) is 24.3 Å². The van der Waals surface area contributed by atoms with Crippen LogP contribution in [-0.4, -0.2) is 16.9 Å². The Morgan fingerprint density at radius 3 is 1.87 bits per heavy atom. The fourth-order valence-electron chi connectivity index (χ4n) is 4.05. The number of hydrogen-bond donors (Lipinski definition) is 0. The summed E-state index contributed by atoms with van der Waals surface area (Å²) in [5.74, 6) is -0.633. The molecule has 1 aliphatic heterocycles. The van der Waals surface area contributed by atoms with Crippen molar-refractivity contribution in [3.63, 3.8) is 0 Å². The number of nitrogens with zero attached hydrogens (tertiary/aromatic N) is 2. The average Bonchev–Trinajstić information content (AvgIpc) is 2.92. The lowest BCUT2D eigenvalue weighted by Gasteiger charge is -2.36. The predicted molar refractivity (Wildman–Crippen MR) is 156 cm³/mol. The van der Waals surface area contributed by atoms with Crippen molar-refractivity contribution in [1.29, 1.82) is 0 Å². The summed E-state index contributed by atoms with van der Waals surface area (Å²) >= 11 is 18.1. The largest absolute Gasteiger partial charge is 0.488 e. The molecule has 1 saturated heterocycles. The molecule has 1 aliphatic rings. The molecule has 4 aromatic carbocycles. The molecule has 38 heavy (non-hydrogen) atoms. The Morgan fingerprint density at radius 1 is 0.711 bits per heavy atom. The van der Waals surface area contributed by atoms with Crippen LogP contribution in [0.2, 0.25) is 10.0 Å². The number of thiocarbonyl (C=S) groups is 1. The molecule has 1 fully saturated rings. The van der Waals surface area contributed by atoms with Crippen molar-refractivity contribution in [1.82, 2.24) is 0 Å². The van der Waals surface area contributed by atoms with Crippen molar-refractivity contribution >= 4 is 69.8 Å². The molecule has 0 atom stereocenters. The van der Waals surface area contributed by atoms with Gasteiger partial charge in [0.05, 0.1) is 11.4 Å². The van der Waals surface area contributed by atoms with Gasteiger partial charge in [0, 0.05) is 15.6 Å². The molecule has 0 spiro atoms. The van der Waals surface area contributed by atoms with Gasteiger partial charge in [0.15, 0.2) is 5.11 Å². The number of amides is 2. The second kappa shape index (κ2) is 11.2. The highest BCUT2D eigenvalue weighted by Crippen LogP contribution is 2.32. The van der Waals surface area contributed by atoms with Crippen LogP contribution in [0.3, 0.4) is 0 Å². The Labute approximate surface area is 235 Å². The van der Waals surface area contributed by atoms with Gasteiger partial charge in [-0.1, -0.05) is 71.7 Å². The van der Waals surface area contributed by atoms with Crippen molar-refractivity contribution in [2.24, 2.45) is 0 Å². The molecule has 0 aliphatic carbocycles. The lowest BCUT2D eigenvalue weighted by molar-refractivity contribution is -0.120. The Hall–Kier alpha value is -3.97. The first-order valence-electron chi connectivity index (χ1n) is 11.6. The van der Waals surface area contributed by atoms with Crippen LogP contribution in [0.4, 0.5) is 11.4 Å². The minimum Gasteiger partial charge on any atom is -0.488 e. The van der Waals surface area contributed by atoms with E-state index < -0.39 is 11.8 Å². The van der Waals surface area contributed by atoms with Gasteiger partial charge in [0.2, 0.25) is 0 Å². The summed E-state index contributed by atoms with van der Waals surface area (Å²) in [7, 11) is 0. The molecule has 0 aromatic heterocycles. The molecule has 0 saturated carbocycles. The number of hydrogen-bond acceptors (Lipinski definition) is 4. The highest BCUT2D eigenvalue weighted by molar-refractivity contribution is 7.81. The highest BCUT2D eigenvalue weighted by Gasteiger charge is 2.41. The number of carbonyl (C=O) groups is 2. The van der Waals surface area contributed by atoms with Gasteiger partial charge in [-0.15, -0.1) is 0 Å². The maximum absolute atomic E-state index is 13.8. The summed E-state index contributed by atoms with van der Waals surface area (Å²) in [6.07, 6.45) is 1.50. The molecule has 4 aromatic rings. The van der Waals surface area contributed by atoms with Crippen LogP contribution < -0.4 is 14.5 Å². The number of ether oxygens (including phenoxy) is 1. The first kappa shape index (κ1) is 25.7. The summed E-state index contributed by atoms with van der Waals surface area (Å²) in [5, 5.41) is 1.09. The maximum Gasteiger partial charge on any atom is 0.270 e. The predicted octanol–water partition coefficient (Wildman–Crippen LogP) is 7.32. The standard InChI is InChI=1S/C30H20Cl2N2O3S/c31-22-9-7-8-20(16-22)19-37-27-15-14-23(32)17-21(27)18-26-28(35)33(24-10-3-1-4-11-24)30(38)34(29(26)36)25-12-5-2-6-13-25/h1-18H,19H2. The average molecular weight is 559 g/mol. The van der Waals surface area contributed by atoms with E-state index in [4.69, 9.17) is 40.2 Å². The zero-order chi connectivity index (χ0) is 26.6. The lowest BCUT2D eigenvalue weighted by atomic mass is 10.0. The van der Waals surface area contributed by atoms with Crippen molar-refractivity contribution in [2.45, 2.75) is 6.61 Å². The second-order valence-corrected chi connectivity index (χ2v) is 9.63. The fraction of sp³-hybridized carbons (Fsp3) is 0.0333. The Balaban J connectivity index is 1.58. The van der Waals surface area contributed by atoms with Gasteiger partial charge in [0.1, 0.15) is 17.9 Å². The summed E-state index contributed by atoms with van der Waals surface area (Å²) < 4.78 is 6.05. The Morgan fingerprint density at radius 2 is 1.29 bits per heavy atom. The van der Waals surface area contributed by atoms with E-state index >= 15 is 0 Å². The van der Waals surface area contributed by atoms with E-state index in [9.17, 15) is 9.59 Å². The zero-order valence-corrected chi connectivity index (χ0v) is 22.2. The minimum atomic E-state index is -0.542. The van der Waals surface area contributed by atoms with E-state index in [0.717, 1.165) is 5.56 Å². The van der Waals surface area contributed by atoms with Crippen LogP contribution in [0.5, 0.6) is 5.75 Å². The molecule has 8 heteroatoms. The molecule has 5 nitrogen and oxygen atoms in total. The SMILES string of the molecule is O=C1C(=Cc2cc(Cl)ccc2OCc2cccc(Cl)c2)C(=O)N(c2ccccc2)C(=S)N1c1ccccc1. The summed E-state index contributed by atoms with van der Waals surface area (Å²) in [6, 6.07) is 30.3. The topological polar surface area (TPSA) is 49.9 Å². The third-order valence-corrected chi connectivity index (χ3v) is 6.67. The van der Waals surface area contributed by atoms with Crippen LogP contribution in [-0.2, 0) is 16.2 Å². The van der Waals surface area contributed by atoms with Crippen LogP contribution in [0.1, 0.15) is 11.1 Å². The monoisotopic (exact) mass is 558 g/mol. The van der Waals surface area contributed by atoms with E-state index in [2.05, 4.69) is 0 Å². The summed E-state index contributed by atoms with van der Waals surface area (Å²) in [5.41, 5.74) is 2.36. The second-order valence-electron chi connectivity index (χ2n) is 8.39. The minimum absolute atomic E-state index is 0.0677. The Kier molecular flexibility index (Phi) is 7.56. The number of anilines is 2. The fourth-order valence-corrected chi connectivity index (χ4v) is 4.82. The number of para-hydroxylation sites is 2. The van der Waals surface area contributed by atoms with E-state index in [1.165, 1.54) is 15.9 Å². The molecule has 0 bridgehead atoms. The number of carbonyl (C=O) groups excluding carboxylic acids is 2. The quantitative estimate of drug-likeness (QED) is 0.141. The number of rotatable bonds is 6. The molecule has 0 radical (unpaired) electrons. The third kappa shape index (κ3) is 5.34. The summed E-state index contributed by atoms with van der Waals surface area (Å²) in [4.78, 5) is 30.3. The van der Waals surface area contributed by atoms with E-state index in [0.29, 0.717) is 32.7 Å². The van der Waals surface area contributed by atoms with E-state index in [1.54, 1.807) is 78.9 Å².